The Balaban J connectivity index is 1.47. The first-order chi connectivity index (χ1) is 19.1. The first-order valence-corrected chi connectivity index (χ1v) is 13.6. The zero-order valence-electron chi connectivity index (χ0n) is 22.7. The number of rotatable bonds is 13. The molecule has 0 fully saturated rings. The summed E-state index contributed by atoms with van der Waals surface area (Å²) in [7, 11) is 1.88. The average molecular weight is 521 g/mol. The molecule has 0 bridgehead atoms. The second-order valence-electron chi connectivity index (χ2n) is 9.83. The molecule has 0 radical (unpaired) electrons. The lowest BCUT2D eigenvalue weighted by Gasteiger charge is -2.20. The number of aromatic nitrogens is 3. The molecule has 2 aromatic heterocycles. The summed E-state index contributed by atoms with van der Waals surface area (Å²) in [5.41, 5.74) is 5.84. The van der Waals surface area contributed by atoms with Gasteiger partial charge in [0, 0.05) is 37.1 Å². The molecule has 1 amide bonds. The van der Waals surface area contributed by atoms with Crippen molar-refractivity contribution >= 4 is 11.7 Å². The van der Waals surface area contributed by atoms with Crippen molar-refractivity contribution in [3.8, 4) is 17.2 Å². The summed E-state index contributed by atoms with van der Waals surface area (Å²) in [5.74, 6) is 0.349. The molecule has 200 valence electrons. The van der Waals surface area contributed by atoms with Crippen LogP contribution in [0.4, 0.5) is 5.82 Å². The summed E-state index contributed by atoms with van der Waals surface area (Å²) in [6, 6.07) is 21.3. The SMILES string of the molecule is CCCCCCc1cccc([C@@H](NCCc2ccc(C#N)cc2)C(=O)Nc2ccc(-c3cnn(C)c3)cn2)c1. The van der Waals surface area contributed by atoms with Gasteiger partial charge in [0.05, 0.1) is 17.8 Å². The second kappa shape index (κ2) is 14.0. The number of hydrogen-bond donors (Lipinski definition) is 2. The number of aryl methyl sites for hydroxylation is 2. The van der Waals surface area contributed by atoms with Crippen molar-refractivity contribution in [1.82, 2.24) is 20.1 Å². The third kappa shape index (κ3) is 8.10. The van der Waals surface area contributed by atoms with E-state index in [1.54, 1.807) is 17.1 Å². The molecule has 0 saturated heterocycles. The largest absolute Gasteiger partial charge is 0.309 e. The van der Waals surface area contributed by atoms with Crippen LogP contribution in [-0.2, 0) is 24.7 Å². The Morgan fingerprint density at radius 1 is 0.974 bits per heavy atom. The first kappa shape index (κ1) is 27.7. The summed E-state index contributed by atoms with van der Waals surface area (Å²) in [6.07, 6.45) is 12.0. The Morgan fingerprint density at radius 3 is 2.51 bits per heavy atom. The van der Waals surface area contributed by atoms with Gasteiger partial charge < -0.3 is 10.6 Å². The van der Waals surface area contributed by atoms with E-state index in [9.17, 15) is 4.79 Å². The second-order valence-corrected chi connectivity index (χ2v) is 9.83. The number of carbonyl (C=O) groups is 1. The third-order valence-electron chi connectivity index (χ3n) is 6.76. The van der Waals surface area contributed by atoms with Gasteiger partial charge >= 0.3 is 0 Å². The fourth-order valence-corrected chi connectivity index (χ4v) is 4.56. The van der Waals surface area contributed by atoms with E-state index >= 15 is 0 Å². The molecule has 7 heteroatoms. The van der Waals surface area contributed by atoms with Gasteiger partial charge in [0.1, 0.15) is 11.9 Å². The van der Waals surface area contributed by atoms with Gasteiger partial charge in [-0.25, -0.2) is 4.98 Å². The van der Waals surface area contributed by atoms with Crippen LogP contribution in [0.25, 0.3) is 11.1 Å². The van der Waals surface area contributed by atoms with Crippen molar-refractivity contribution in [1.29, 1.82) is 5.26 Å². The minimum atomic E-state index is -0.529. The van der Waals surface area contributed by atoms with Crippen LogP contribution in [0.1, 0.15) is 60.9 Å². The van der Waals surface area contributed by atoms with Gasteiger partial charge in [0.2, 0.25) is 5.91 Å². The van der Waals surface area contributed by atoms with Gasteiger partial charge in [-0.15, -0.1) is 0 Å². The van der Waals surface area contributed by atoms with E-state index < -0.39 is 6.04 Å². The molecule has 4 rings (SSSR count). The minimum absolute atomic E-state index is 0.153. The smallest absolute Gasteiger partial charge is 0.247 e. The van der Waals surface area contributed by atoms with Gasteiger partial charge in [0.15, 0.2) is 0 Å². The fraction of sp³-hybridized carbons (Fsp3) is 0.312. The van der Waals surface area contributed by atoms with E-state index in [1.165, 1.54) is 24.8 Å². The lowest BCUT2D eigenvalue weighted by molar-refractivity contribution is -0.118. The number of unbranched alkanes of at least 4 members (excludes halogenated alkanes) is 3. The monoisotopic (exact) mass is 520 g/mol. The zero-order valence-corrected chi connectivity index (χ0v) is 22.7. The van der Waals surface area contributed by atoms with Crippen molar-refractivity contribution in [2.45, 2.75) is 51.5 Å². The van der Waals surface area contributed by atoms with Gasteiger partial charge in [0.25, 0.3) is 0 Å². The number of carbonyl (C=O) groups excluding carboxylic acids is 1. The maximum absolute atomic E-state index is 13.5. The summed E-state index contributed by atoms with van der Waals surface area (Å²) < 4.78 is 1.75. The highest BCUT2D eigenvalue weighted by molar-refractivity contribution is 5.95. The van der Waals surface area contributed by atoms with Crippen LogP contribution in [0, 0.1) is 11.3 Å². The van der Waals surface area contributed by atoms with Crippen molar-refractivity contribution in [3.05, 3.63) is 102 Å². The molecule has 4 aromatic rings. The number of nitrogens with zero attached hydrogens (tertiary/aromatic N) is 4. The van der Waals surface area contributed by atoms with Crippen LogP contribution in [-0.4, -0.2) is 27.2 Å². The van der Waals surface area contributed by atoms with Gasteiger partial charge in [-0.1, -0.05) is 62.6 Å². The molecule has 2 aromatic carbocycles. The average Bonchev–Trinajstić information content (AvgIpc) is 3.40. The van der Waals surface area contributed by atoms with Crippen LogP contribution in [0.2, 0.25) is 0 Å². The lowest BCUT2D eigenvalue weighted by Crippen LogP contribution is -2.34. The molecule has 1 atom stereocenters. The standard InChI is InChI=1S/C32H36N6O/c1-3-4-5-6-8-25-9-7-10-27(19-25)31(34-18-17-24-11-13-26(20-33)14-12-24)32(39)37-30-16-15-28(21-35-30)29-22-36-38(2)23-29/h7,9-16,19,21-23,31,34H,3-6,8,17-18H2,1-2H3,(H,35,37,39)/t31-/m1/s1. The fourth-order valence-electron chi connectivity index (χ4n) is 4.56. The van der Waals surface area contributed by atoms with Crippen molar-refractivity contribution in [2.24, 2.45) is 7.05 Å². The number of benzene rings is 2. The number of pyridine rings is 1. The molecule has 2 heterocycles. The molecule has 0 aliphatic carbocycles. The Kier molecular flexibility index (Phi) is 9.98. The maximum atomic E-state index is 13.5. The van der Waals surface area contributed by atoms with Crippen molar-refractivity contribution < 1.29 is 4.79 Å². The zero-order chi connectivity index (χ0) is 27.5. The summed E-state index contributed by atoms with van der Waals surface area (Å²) in [4.78, 5) is 18.0. The lowest BCUT2D eigenvalue weighted by atomic mass is 9.99. The van der Waals surface area contributed by atoms with Crippen molar-refractivity contribution in [3.63, 3.8) is 0 Å². The quantitative estimate of drug-likeness (QED) is 0.211. The maximum Gasteiger partial charge on any atom is 0.247 e. The molecule has 7 nitrogen and oxygen atoms in total. The molecular weight excluding hydrogens is 484 g/mol. The van der Waals surface area contributed by atoms with E-state index in [-0.39, 0.29) is 5.91 Å². The van der Waals surface area contributed by atoms with E-state index in [4.69, 9.17) is 5.26 Å². The topological polar surface area (TPSA) is 95.6 Å². The number of amides is 1. The Morgan fingerprint density at radius 2 is 1.82 bits per heavy atom. The van der Waals surface area contributed by atoms with Gasteiger partial charge in [-0.3, -0.25) is 9.48 Å². The molecule has 0 spiro atoms. The highest BCUT2D eigenvalue weighted by Crippen LogP contribution is 2.21. The summed E-state index contributed by atoms with van der Waals surface area (Å²) in [6.45, 7) is 2.83. The van der Waals surface area contributed by atoms with E-state index in [0.717, 1.165) is 41.5 Å². The molecule has 2 N–H and O–H groups in total. The van der Waals surface area contributed by atoms with E-state index in [0.29, 0.717) is 17.9 Å². The first-order valence-electron chi connectivity index (χ1n) is 13.6. The summed E-state index contributed by atoms with van der Waals surface area (Å²) >= 11 is 0. The molecule has 0 saturated carbocycles. The van der Waals surface area contributed by atoms with Crippen LogP contribution in [0.5, 0.6) is 0 Å². The van der Waals surface area contributed by atoms with E-state index in [2.05, 4.69) is 45.8 Å². The number of hydrogen-bond acceptors (Lipinski definition) is 5. The van der Waals surface area contributed by atoms with Crippen LogP contribution >= 0.6 is 0 Å². The Hall–Kier alpha value is -4.28. The molecule has 0 unspecified atom stereocenters. The molecule has 0 aliphatic rings. The van der Waals surface area contributed by atoms with Crippen LogP contribution in [0.15, 0.2) is 79.3 Å². The summed E-state index contributed by atoms with van der Waals surface area (Å²) in [5, 5.41) is 19.7. The van der Waals surface area contributed by atoms with E-state index in [1.807, 2.05) is 61.8 Å². The highest BCUT2D eigenvalue weighted by Gasteiger charge is 2.21. The minimum Gasteiger partial charge on any atom is -0.309 e. The molecule has 39 heavy (non-hydrogen) atoms. The van der Waals surface area contributed by atoms with Gasteiger partial charge in [-0.05, 0) is 60.2 Å². The van der Waals surface area contributed by atoms with Gasteiger partial charge in [-0.2, -0.15) is 10.4 Å². The number of nitriles is 1. The Bertz CT molecular complexity index is 1390. The highest BCUT2D eigenvalue weighted by atomic mass is 16.2. The van der Waals surface area contributed by atoms with Crippen molar-refractivity contribution in [2.75, 3.05) is 11.9 Å². The van der Waals surface area contributed by atoms with Crippen LogP contribution in [0.3, 0.4) is 0 Å². The predicted molar refractivity (Wildman–Crippen MR) is 155 cm³/mol. The predicted octanol–water partition coefficient (Wildman–Crippen LogP) is 5.99. The number of nitrogens with one attached hydrogen (secondary N) is 2. The normalized spacial score (nSPS) is 11.6. The Labute approximate surface area is 230 Å². The van der Waals surface area contributed by atoms with Crippen LogP contribution < -0.4 is 10.6 Å². The number of anilines is 1. The third-order valence-corrected chi connectivity index (χ3v) is 6.76. The molecular formula is C32H36N6O. The molecule has 0 aliphatic heterocycles.